The van der Waals surface area contributed by atoms with Crippen LogP contribution < -0.4 is 4.72 Å². The van der Waals surface area contributed by atoms with Gasteiger partial charge < -0.3 is 4.90 Å². The maximum atomic E-state index is 12.6. The Balaban J connectivity index is 1.41. The number of rotatable bonds is 4. The van der Waals surface area contributed by atoms with E-state index in [1.807, 2.05) is 27.8 Å². The van der Waals surface area contributed by atoms with Crippen LogP contribution in [0.2, 0.25) is 0 Å². The van der Waals surface area contributed by atoms with Gasteiger partial charge in [0.15, 0.2) is 0 Å². The summed E-state index contributed by atoms with van der Waals surface area (Å²) < 4.78 is 28.1. The van der Waals surface area contributed by atoms with E-state index >= 15 is 0 Å². The predicted octanol–water partition coefficient (Wildman–Crippen LogP) is 3.11. The fourth-order valence-electron chi connectivity index (χ4n) is 4.06. The van der Waals surface area contributed by atoms with Crippen LogP contribution in [-0.2, 0) is 10.0 Å². The Morgan fingerprint density at radius 3 is 2.42 bits per heavy atom. The molecule has 26 heavy (non-hydrogen) atoms. The van der Waals surface area contributed by atoms with Crippen LogP contribution in [0.25, 0.3) is 0 Å². The van der Waals surface area contributed by atoms with Crippen molar-refractivity contribution in [1.29, 1.82) is 0 Å². The van der Waals surface area contributed by atoms with Crippen molar-refractivity contribution in [2.45, 2.75) is 36.6 Å². The molecule has 1 amide bonds. The lowest BCUT2D eigenvalue weighted by Crippen LogP contribution is -2.59. The third kappa shape index (κ3) is 3.19. The van der Waals surface area contributed by atoms with E-state index in [1.165, 1.54) is 11.3 Å². The third-order valence-corrected chi connectivity index (χ3v) is 8.01. The van der Waals surface area contributed by atoms with Crippen LogP contribution in [0.15, 0.2) is 52.1 Å². The Hall–Kier alpha value is -1.70. The van der Waals surface area contributed by atoms with Gasteiger partial charge in [-0.3, -0.25) is 4.79 Å². The van der Waals surface area contributed by atoms with E-state index in [9.17, 15) is 13.2 Å². The Bertz CT molecular complexity index is 871. The zero-order valence-electron chi connectivity index (χ0n) is 14.4. The second-order valence-electron chi connectivity index (χ2n) is 7.19. The summed E-state index contributed by atoms with van der Waals surface area (Å²) in [5, 5.41) is 3.80. The van der Waals surface area contributed by atoms with Crippen LogP contribution >= 0.6 is 11.3 Å². The summed E-state index contributed by atoms with van der Waals surface area (Å²) in [7, 11) is -3.49. The van der Waals surface area contributed by atoms with Crippen molar-refractivity contribution in [3.8, 4) is 0 Å². The monoisotopic (exact) mass is 390 g/mol. The molecule has 2 heterocycles. The normalized spacial score (nSPS) is 22.2. The van der Waals surface area contributed by atoms with Crippen molar-refractivity contribution in [2.24, 2.45) is 5.41 Å². The average molecular weight is 391 g/mol. The van der Waals surface area contributed by atoms with Crippen LogP contribution in [0.1, 0.15) is 36.0 Å². The van der Waals surface area contributed by atoms with Crippen LogP contribution in [0.3, 0.4) is 0 Å². The first-order chi connectivity index (χ1) is 12.5. The fraction of sp³-hybridized carbons (Fsp3) is 0.421. The van der Waals surface area contributed by atoms with Crippen molar-refractivity contribution in [3.05, 3.63) is 52.7 Å². The Morgan fingerprint density at radius 2 is 1.85 bits per heavy atom. The van der Waals surface area contributed by atoms with Gasteiger partial charge in [-0.15, -0.1) is 0 Å². The fourth-order valence-corrected chi connectivity index (χ4v) is 6.08. The minimum Gasteiger partial charge on any atom is -0.339 e. The molecule has 1 aliphatic carbocycles. The summed E-state index contributed by atoms with van der Waals surface area (Å²) in [6.45, 7) is 1.39. The van der Waals surface area contributed by atoms with E-state index in [0.717, 1.165) is 31.2 Å². The van der Waals surface area contributed by atoms with E-state index < -0.39 is 10.0 Å². The molecule has 1 saturated carbocycles. The minimum absolute atomic E-state index is 0.00667. The topological polar surface area (TPSA) is 66.5 Å². The number of hydrogen-bond donors (Lipinski definition) is 1. The highest BCUT2D eigenvalue weighted by molar-refractivity contribution is 7.89. The van der Waals surface area contributed by atoms with E-state index in [-0.39, 0.29) is 17.4 Å². The van der Waals surface area contributed by atoms with Gasteiger partial charge in [0, 0.05) is 24.5 Å². The van der Waals surface area contributed by atoms with Gasteiger partial charge in [-0.25, -0.2) is 13.1 Å². The maximum Gasteiger partial charge on any atom is 0.254 e. The summed E-state index contributed by atoms with van der Waals surface area (Å²) in [6.07, 6.45) is 3.59. The lowest BCUT2D eigenvalue weighted by molar-refractivity contribution is 0.00511. The molecule has 4 rings (SSSR count). The molecule has 7 heteroatoms. The first kappa shape index (κ1) is 17.7. The number of likely N-dealkylation sites (tertiary alicyclic amines) is 1. The quantitative estimate of drug-likeness (QED) is 0.872. The number of thiophene rings is 1. The molecule has 5 nitrogen and oxygen atoms in total. The molecule has 1 aromatic carbocycles. The molecule has 0 unspecified atom stereocenters. The maximum absolute atomic E-state index is 12.6. The number of nitrogens with zero attached hydrogens (tertiary/aromatic N) is 1. The summed E-state index contributed by atoms with van der Waals surface area (Å²) in [5.41, 5.74) is 0.744. The van der Waals surface area contributed by atoms with Gasteiger partial charge in [-0.05, 0) is 54.7 Å². The summed E-state index contributed by atoms with van der Waals surface area (Å²) in [5.74, 6) is 0.0850. The van der Waals surface area contributed by atoms with E-state index in [2.05, 4.69) is 4.72 Å². The van der Waals surface area contributed by atoms with Crippen LogP contribution in [-0.4, -0.2) is 38.4 Å². The van der Waals surface area contributed by atoms with Gasteiger partial charge in [-0.2, -0.15) is 11.3 Å². The molecule has 1 spiro atoms. The number of sulfonamides is 1. The van der Waals surface area contributed by atoms with E-state index in [1.54, 1.807) is 24.3 Å². The number of benzene rings is 1. The molecule has 2 fully saturated rings. The van der Waals surface area contributed by atoms with Crippen molar-refractivity contribution < 1.29 is 13.2 Å². The van der Waals surface area contributed by atoms with Crippen LogP contribution in [0, 0.1) is 5.41 Å². The molecule has 0 radical (unpaired) electrons. The standard InChI is InChI=1S/C19H22N2O3S2/c22-18(15-7-13-25-14-15)21-11-9-19(10-12-21)8-6-17(19)20-26(23,24)16-4-2-1-3-5-16/h1-5,7,13-14,17,20H,6,8-12H2/t17-/m0/s1. The van der Waals surface area contributed by atoms with Gasteiger partial charge >= 0.3 is 0 Å². The third-order valence-electron chi connectivity index (χ3n) is 5.84. The zero-order valence-corrected chi connectivity index (χ0v) is 16.1. The van der Waals surface area contributed by atoms with Crippen molar-refractivity contribution in [2.75, 3.05) is 13.1 Å². The Labute approximate surface area is 158 Å². The van der Waals surface area contributed by atoms with Crippen LogP contribution in [0.5, 0.6) is 0 Å². The number of piperidine rings is 1. The highest BCUT2D eigenvalue weighted by Gasteiger charge is 2.50. The second kappa shape index (κ2) is 6.79. The van der Waals surface area contributed by atoms with Gasteiger partial charge in [-0.1, -0.05) is 18.2 Å². The van der Waals surface area contributed by atoms with Gasteiger partial charge in [0.2, 0.25) is 10.0 Å². The number of nitrogens with one attached hydrogen (secondary N) is 1. The number of hydrogen-bond acceptors (Lipinski definition) is 4. The van der Waals surface area contributed by atoms with Gasteiger partial charge in [0.05, 0.1) is 10.5 Å². The number of amides is 1. The molecule has 2 aromatic rings. The SMILES string of the molecule is O=C(c1ccsc1)N1CCC2(CC[C@@H]2NS(=O)(=O)c2ccccc2)CC1. The highest BCUT2D eigenvalue weighted by atomic mass is 32.2. The number of carbonyl (C=O) groups excluding carboxylic acids is 1. The molecule has 138 valence electrons. The van der Waals surface area contributed by atoms with Crippen molar-refractivity contribution >= 4 is 27.3 Å². The first-order valence-corrected chi connectivity index (χ1v) is 11.3. The Kier molecular flexibility index (Phi) is 4.62. The van der Waals surface area contributed by atoms with Crippen LogP contribution in [0.4, 0.5) is 0 Å². The molecule has 1 aliphatic heterocycles. The molecule has 0 bridgehead atoms. The highest BCUT2D eigenvalue weighted by Crippen LogP contribution is 2.49. The second-order valence-corrected chi connectivity index (χ2v) is 9.69. The zero-order chi connectivity index (χ0) is 18.2. The van der Waals surface area contributed by atoms with E-state index in [4.69, 9.17) is 0 Å². The summed E-state index contributed by atoms with van der Waals surface area (Å²) in [4.78, 5) is 14.7. The van der Waals surface area contributed by atoms with Gasteiger partial charge in [0.1, 0.15) is 0 Å². The van der Waals surface area contributed by atoms with Crippen molar-refractivity contribution in [1.82, 2.24) is 9.62 Å². The molecule has 1 atom stereocenters. The van der Waals surface area contributed by atoms with Crippen molar-refractivity contribution in [3.63, 3.8) is 0 Å². The van der Waals surface area contributed by atoms with E-state index in [0.29, 0.717) is 18.0 Å². The molecule has 1 aromatic heterocycles. The molecule has 1 N–H and O–H groups in total. The predicted molar refractivity (Wildman–Crippen MR) is 102 cm³/mol. The molecular weight excluding hydrogens is 368 g/mol. The smallest absolute Gasteiger partial charge is 0.254 e. The average Bonchev–Trinajstić information content (AvgIpc) is 3.20. The minimum atomic E-state index is -3.49. The summed E-state index contributed by atoms with van der Waals surface area (Å²) in [6, 6.07) is 10.3. The number of carbonyl (C=O) groups is 1. The lowest BCUT2D eigenvalue weighted by Gasteiger charge is -2.53. The first-order valence-electron chi connectivity index (χ1n) is 8.89. The molecule has 2 aliphatic rings. The Morgan fingerprint density at radius 1 is 1.12 bits per heavy atom. The van der Waals surface area contributed by atoms with Gasteiger partial charge in [0.25, 0.3) is 5.91 Å². The largest absolute Gasteiger partial charge is 0.339 e. The summed E-state index contributed by atoms with van der Waals surface area (Å²) >= 11 is 1.53. The molecular formula is C19H22N2O3S2. The lowest BCUT2D eigenvalue weighted by atomic mass is 9.59. The molecule has 1 saturated heterocycles.